The highest BCUT2D eigenvalue weighted by atomic mass is 32.2. The number of thioether (sulfide) groups is 1. The van der Waals surface area contributed by atoms with Crippen molar-refractivity contribution < 1.29 is 14.3 Å². The van der Waals surface area contributed by atoms with Gasteiger partial charge < -0.3 is 14.4 Å². The Hall–Kier alpha value is -2.35. The lowest BCUT2D eigenvalue weighted by molar-refractivity contribution is 0.0583. The summed E-state index contributed by atoms with van der Waals surface area (Å²) in [4.78, 5) is 27.3. The van der Waals surface area contributed by atoms with Gasteiger partial charge in [0.1, 0.15) is 18.0 Å². The van der Waals surface area contributed by atoms with E-state index in [0.29, 0.717) is 36.9 Å². The molecule has 2 unspecified atom stereocenters. The average molecular weight is 502 g/mol. The molecule has 10 heteroatoms. The van der Waals surface area contributed by atoms with Gasteiger partial charge in [-0.05, 0) is 53.5 Å². The molecule has 0 saturated carbocycles. The molecule has 0 radical (unpaired) electrons. The van der Waals surface area contributed by atoms with Crippen LogP contribution in [0.4, 0.5) is 16.3 Å². The van der Waals surface area contributed by atoms with Gasteiger partial charge in [-0.25, -0.2) is 19.7 Å². The van der Waals surface area contributed by atoms with E-state index < -0.39 is 11.7 Å². The fourth-order valence-corrected chi connectivity index (χ4v) is 6.28. The second-order valence-electron chi connectivity index (χ2n) is 9.64. The van der Waals surface area contributed by atoms with E-state index in [9.17, 15) is 10.1 Å². The maximum Gasteiger partial charge on any atom is 0.416 e. The Morgan fingerprint density at radius 3 is 2.59 bits per heavy atom. The molecule has 34 heavy (non-hydrogen) atoms. The van der Waals surface area contributed by atoms with Crippen LogP contribution in [0.5, 0.6) is 0 Å². The topological polar surface area (TPSA) is 91.6 Å². The van der Waals surface area contributed by atoms with Crippen molar-refractivity contribution in [3.8, 4) is 6.07 Å². The number of carbonyl (C=O) groups is 1. The van der Waals surface area contributed by atoms with E-state index in [1.54, 1.807) is 23.1 Å². The number of thiazole rings is 1. The van der Waals surface area contributed by atoms with Crippen molar-refractivity contribution in [2.45, 2.75) is 75.2 Å². The number of carbonyl (C=O) groups excluding carboxylic acids is 1. The molecule has 2 saturated heterocycles. The predicted molar refractivity (Wildman–Crippen MR) is 135 cm³/mol. The van der Waals surface area contributed by atoms with Gasteiger partial charge in [0.05, 0.1) is 42.8 Å². The van der Waals surface area contributed by atoms with Gasteiger partial charge in [-0.1, -0.05) is 11.8 Å². The van der Waals surface area contributed by atoms with Crippen molar-refractivity contribution >= 4 is 40.7 Å². The summed E-state index contributed by atoms with van der Waals surface area (Å²) in [5, 5.41) is 9.44. The van der Waals surface area contributed by atoms with Crippen LogP contribution in [0.3, 0.4) is 0 Å². The smallest absolute Gasteiger partial charge is 0.416 e. The fraction of sp³-hybridized carbons (Fsp3) is 0.583. The first-order valence-electron chi connectivity index (χ1n) is 11.5. The van der Waals surface area contributed by atoms with Crippen molar-refractivity contribution in [2.24, 2.45) is 0 Å². The first-order chi connectivity index (χ1) is 16.1. The molecule has 0 N–H and O–H groups in total. The normalized spacial score (nSPS) is 19.7. The van der Waals surface area contributed by atoms with Crippen molar-refractivity contribution in [3.63, 3.8) is 0 Å². The molecule has 2 aliphatic heterocycles. The van der Waals surface area contributed by atoms with Gasteiger partial charge in [0.25, 0.3) is 0 Å². The monoisotopic (exact) mass is 501 g/mol. The molecule has 4 rings (SSSR count). The molecule has 2 aromatic heterocycles. The molecule has 0 aliphatic carbocycles. The van der Waals surface area contributed by atoms with Gasteiger partial charge in [0.15, 0.2) is 4.34 Å². The van der Waals surface area contributed by atoms with Crippen LogP contribution >= 0.6 is 23.1 Å². The minimum absolute atomic E-state index is 0.140. The van der Waals surface area contributed by atoms with E-state index in [1.165, 1.54) is 9.78 Å². The fourth-order valence-electron chi connectivity index (χ4n) is 4.24. The number of rotatable bonds is 6. The molecule has 0 spiro atoms. The number of aromatic nitrogens is 2. The van der Waals surface area contributed by atoms with Gasteiger partial charge in [-0.3, -0.25) is 0 Å². The number of morpholine rings is 1. The molecule has 4 heterocycles. The third-order valence-corrected chi connectivity index (χ3v) is 8.11. The summed E-state index contributed by atoms with van der Waals surface area (Å²) >= 11 is 3.31. The zero-order valence-electron chi connectivity index (χ0n) is 20.3. The summed E-state index contributed by atoms with van der Waals surface area (Å²) in [6, 6.07) is 6.71. The Morgan fingerprint density at radius 1 is 1.29 bits per heavy atom. The highest BCUT2D eigenvalue weighted by Gasteiger charge is 2.38. The molecule has 1 amide bonds. The number of pyridine rings is 1. The summed E-state index contributed by atoms with van der Waals surface area (Å²) in [7, 11) is 0. The second kappa shape index (κ2) is 10.1. The molecule has 2 aromatic rings. The summed E-state index contributed by atoms with van der Waals surface area (Å²) in [5.41, 5.74) is 2.21. The number of anilines is 2. The van der Waals surface area contributed by atoms with E-state index in [-0.39, 0.29) is 6.54 Å². The average Bonchev–Trinajstić information content (AvgIpc) is 3.22. The highest BCUT2D eigenvalue weighted by Crippen LogP contribution is 2.37. The van der Waals surface area contributed by atoms with Crippen LogP contribution in [0, 0.1) is 25.2 Å². The number of nitrogens with zero attached hydrogens (tertiary/aromatic N) is 5. The number of hydrogen-bond acceptors (Lipinski definition) is 9. The Balaban J connectivity index is 1.68. The molecule has 2 atom stereocenters. The largest absolute Gasteiger partial charge is 0.443 e. The van der Waals surface area contributed by atoms with Crippen molar-refractivity contribution in [2.75, 3.05) is 29.6 Å². The third kappa shape index (κ3) is 5.65. The summed E-state index contributed by atoms with van der Waals surface area (Å²) in [6.07, 6.45) is 1.59. The Bertz CT molecular complexity index is 1060. The number of nitriles is 1. The van der Waals surface area contributed by atoms with Crippen LogP contribution in [0.15, 0.2) is 16.5 Å². The molecular formula is C24H31N5O3S2. The van der Waals surface area contributed by atoms with Crippen molar-refractivity contribution in [3.05, 3.63) is 28.4 Å². The quantitative estimate of drug-likeness (QED) is 0.400. The Kier molecular flexibility index (Phi) is 7.36. The van der Waals surface area contributed by atoms with Crippen LogP contribution in [0.2, 0.25) is 0 Å². The predicted octanol–water partition coefficient (Wildman–Crippen LogP) is 5.08. The third-order valence-electron chi connectivity index (χ3n) is 5.86. The Labute approximate surface area is 209 Å². The summed E-state index contributed by atoms with van der Waals surface area (Å²) < 4.78 is 12.3. The van der Waals surface area contributed by atoms with Gasteiger partial charge in [-0.2, -0.15) is 5.26 Å². The molecule has 182 valence electrons. The Morgan fingerprint density at radius 2 is 2.00 bits per heavy atom. The van der Waals surface area contributed by atoms with E-state index in [4.69, 9.17) is 14.5 Å². The zero-order chi connectivity index (χ0) is 24.5. The molecule has 2 aliphatic rings. The second-order valence-corrected chi connectivity index (χ2v) is 12.1. The van der Waals surface area contributed by atoms with Crippen LogP contribution in [0.25, 0.3) is 0 Å². The van der Waals surface area contributed by atoms with Crippen LogP contribution in [-0.4, -0.2) is 53.5 Å². The zero-order valence-corrected chi connectivity index (χ0v) is 22.0. The molecule has 2 fully saturated rings. The van der Waals surface area contributed by atoms with E-state index in [1.807, 2.05) is 33.8 Å². The summed E-state index contributed by atoms with van der Waals surface area (Å²) in [5.74, 6) is 1.04. The first kappa shape index (κ1) is 24.8. The minimum Gasteiger partial charge on any atom is -0.443 e. The number of fused-ring (bicyclic) bond motifs is 2. The van der Waals surface area contributed by atoms with E-state index in [0.717, 1.165) is 34.3 Å². The van der Waals surface area contributed by atoms with Crippen molar-refractivity contribution in [1.29, 1.82) is 5.26 Å². The molecule has 2 bridgehead atoms. The first-order valence-corrected chi connectivity index (χ1v) is 13.3. The lowest BCUT2D eigenvalue weighted by Crippen LogP contribution is -2.46. The van der Waals surface area contributed by atoms with E-state index >= 15 is 0 Å². The SMILES string of the molecule is Cc1nc(SCc2cc(N3C4CCC3COC4)cc(N(CC#N)C(=O)OC(C)(C)C)n2)sc1C. The lowest BCUT2D eigenvalue weighted by Gasteiger charge is -2.37. The molecule has 8 nitrogen and oxygen atoms in total. The number of ether oxygens (including phenoxy) is 2. The van der Waals surface area contributed by atoms with E-state index in [2.05, 4.69) is 28.9 Å². The lowest BCUT2D eigenvalue weighted by atomic mass is 10.2. The van der Waals surface area contributed by atoms with Gasteiger partial charge in [0.2, 0.25) is 0 Å². The van der Waals surface area contributed by atoms with Crippen LogP contribution in [-0.2, 0) is 15.2 Å². The van der Waals surface area contributed by atoms with Gasteiger partial charge in [0, 0.05) is 22.4 Å². The standard InChI is InChI=1S/C24H31N5O3S2/c1-15-16(2)34-22(26-15)33-14-17-10-20(29-18-6-7-19(29)13-31-12-18)11-21(27-17)28(9-8-25)23(30)32-24(3,4)5/h10-11,18-19H,6-7,9,12-14H2,1-5H3. The van der Waals surface area contributed by atoms with Crippen molar-refractivity contribution in [1.82, 2.24) is 9.97 Å². The van der Waals surface area contributed by atoms with Crippen LogP contribution in [0.1, 0.15) is 49.9 Å². The molecular weight excluding hydrogens is 470 g/mol. The maximum absolute atomic E-state index is 13.0. The highest BCUT2D eigenvalue weighted by molar-refractivity contribution is 8.00. The molecule has 0 aromatic carbocycles. The maximum atomic E-state index is 13.0. The number of amides is 1. The number of aryl methyl sites for hydroxylation is 2. The van der Waals surface area contributed by atoms with Gasteiger partial charge in [-0.15, -0.1) is 11.3 Å². The number of hydrogen-bond donors (Lipinski definition) is 0. The van der Waals surface area contributed by atoms with Crippen LogP contribution < -0.4 is 9.80 Å². The summed E-state index contributed by atoms with van der Waals surface area (Å²) in [6.45, 7) is 10.8. The minimum atomic E-state index is -0.676. The van der Waals surface area contributed by atoms with Gasteiger partial charge >= 0.3 is 6.09 Å².